The maximum absolute atomic E-state index is 4.90. The summed E-state index contributed by atoms with van der Waals surface area (Å²) >= 11 is 4.90. The molecule has 0 aliphatic rings. The zero-order valence-corrected chi connectivity index (χ0v) is 7.28. The van der Waals surface area contributed by atoms with Crippen LogP contribution in [-0.2, 0) is 17.1 Å². The molecule has 0 fully saturated rings. The maximum atomic E-state index is 4.90. The number of para-hydroxylation sites is 2. The fourth-order valence-electron chi connectivity index (χ4n) is 0.977. The van der Waals surface area contributed by atoms with Gasteiger partial charge in [-0.3, -0.25) is 0 Å². The summed E-state index contributed by atoms with van der Waals surface area (Å²) in [5, 5.41) is 0. The van der Waals surface area contributed by atoms with Crippen LogP contribution in [0.5, 0.6) is 0 Å². The molecule has 60 valence electrons. The van der Waals surface area contributed by atoms with Gasteiger partial charge in [-0.15, -0.1) is 0 Å². The topological polar surface area (TPSA) is 31.6 Å². The monoisotopic (exact) mass is 213 g/mol. The molecule has 0 amide bonds. The minimum atomic E-state index is 0. The fraction of sp³-hybridized carbons (Fsp3) is 0. The van der Waals surface area contributed by atoms with E-state index in [4.69, 9.17) is 12.2 Å². The van der Waals surface area contributed by atoms with Crippen molar-refractivity contribution >= 4 is 23.3 Å². The Kier molecular flexibility index (Phi) is 2.49. The number of rotatable bonds is 0. The van der Waals surface area contributed by atoms with Crippen molar-refractivity contribution in [2.45, 2.75) is 0 Å². The molecule has 2 N–H and O–H groups in total. The molecule has 0 saturated carbocycles. The average Bonchev–Trinajstić information content (AvgIpc) is 2.27. The van der Waals surface area contributed by atoms with Gasteiger partial charge in [-0.1, -0.05) is 12.1 Å². The van der Waals surface area contributed by atoms with Crippen LogP contribution < -0.4 is 0 Å². The SMILES string of the molecule is S=c1[nH]c2ccccc2[nH]1.[Cu+]. The van der Waals surface area contributed by atoms with Crippen molar-refractivity contribution in [3.8, 4) is 0 Å². The predicted molar refractivity (Wildman–Crippen MR) is 43.5 cm³/mol. The van der Waals surface area contributed by atoms with Crippen molar-refractivity contribution in [1.29, 1.82) is 0 Å². The first-order valence-corrected chi connectivity index (χ1v) is 3.44. The van der Waals surface area contributed by atoms with Gasteiger partial charge < -0.3 is 9.97 Å². The molecule has 0 bridgehead atoms. The molecule has 0 aliphatic heterocycles. The van der Waals surface area contributed by atoms with Gasteiger partial charge in [-0.05, 0) is 24.4 Å². The number of fused-ring (bicyclic) bond motifs is 1. The summed E-state index contributed by atoms with van der Waals surface area (Å²) in [5.74, 6) is 0. The first kappa shape index (κ1) is 8.53. The Morgan fingerprint density at radius 1 is 1.00 bits per heavy atom. The average molecular weight is 214 g/mol. The van der Waals surface area contributed by atoms with Gasteiger partial charge in [0.25, 0.3) is 0 Å². The van der Waals surface area contributed by atoms with Crippen molar-refractivity contribution in [2.24, 2.45) is 0 Å². The summed E-state index contributed by atoms with van der Waals surface area (Å²) in [6, 6.07) is 7.92. The smallest absolute Gasteiger partial charge is 0.331 e. The van der Waals surface area contributed by atoms with Gasteiger partial charge in [0.05, 0.1) is 11.0 Å². The minimum Gasteiger partial charge on any atom is -0.331 e. The van der Waals surface area contributed by atoms with Crippen LogP contribution in [0.25, 0.3) is 11.0 Å². The molecule has 2 aromatic rings. The predicted octanol–water partition coefficient (Wildman–Crippen LogP) is 2.22. The van der Waals surface area contributed by atoms with Crippen LogP contribution in [-0.4, -0.2) is 9.97 Å². The molecule has 1 aromatic heterocycles. The van der Waals surface area contributed by atoms with Gasteiger partial charge in [-0.2, -0.15) is 0 Å². The van der Waals surface area contributed by atoms with Crippen molar-refractivity contribution in [3.63, 3.8) is 0 Å². The van der Waals surface area contributed by atoms with Crippen LogP contribution in [0.15, 0.2) is 24.3 Å². The van der Waals surface area contributed by atoms with Crippen LogP contribution in [0.3, 0.4) is 0 Å². The minimum absolute atomic E-state index is 0. The molecule has 0 radical (unpaired) electrons. The van der Waals surface area contributed by atoms with Crippen molar-refractivity contribution in [3.05, 3.63) is 29.0 Å². The molecule has 2 rings (SSSR count). The Morgan fingerprint density at radius 3 is 1.91 bits per heavy atom. The van der Waals surface area contributed by atoms with Gasteiger partial charge in [0.2, 0.25) is 0 Å². The third kappa shape index (κ3) is 1.53. The van der Waals surface area contributed by atoms with Gasteiger partial charge in [0.15, 0.2) is 4.77 Å². The fourth-order valence-corrected chi connectivity index (χ4v) is 1.20. The molecular weight excluding hydrogens is 208 g/mol. The van der Waals surface area contributed by atoms with E-state index in [2.05, 4.69) is 9.97 Å². The number of benzene rings is 1. The number of hydrogen-bond donors (Lipinski definition) is 2. The van der Waals surface area contributed by atoms with E-state index in [0.717, 1.165) is 11.0 Å². The second-order valence-corrected chi connectivity index (χ2v) is 2.53. The number of H-pyrrole nitrogens is 2. The van der Waals surface area contributed by atoms with Crippen LogP contribution in [0, 0.1) is 4.77 Å². The number of aromatic nitrogens is 2. The van der Waals surface area contributed by atoms with E-state index in [1.54, 1.807) is 0 Å². The van der Waals surface area contributed by atoms with E-state index in [9.17, 15) is 0 Å². The van der Waals surface area contributed by atoms with Crippen molar-refractivity contribution in [1.82, 2.24) is 9.97 Å². The molecule has 11 heavy (non-hydrogen) atoms. The standard InChI is InChI=1S/C7H6N2S.Cu/c10-7-8-5-3-1-2-4-6(5)9-7;/h1-4H,(H2,8,9,10);/q;+1. The van der Waals surface area contributed by atoms with Gasteiger partial charge >= 0.3 is 17.1 Å². The molecule has 0 atom stereocenters. The van der Waals surface area contributed by atoms with Crippen LogP contribution in [0.1, 0.15) is 0 Å². The first-order chi connectivity index (χ1) is 4.86. The third-order valence-corrected chi connectivity index (χ3v) is 1.63. The number of hydrogen-bond acceptors (Lipinski definition) is 1. The Labute approximate surface area is 79.5 Å². The summed E-state index contributed by atoms with van der Waals surface area (Å²) in [4.78, 5) is 6.04. The Morgan fingerprint density at radius 2 is 1.45 bits per heavy atom. The summed E-state index contributed by atoms with van der Waals surface area (Å²) in [6.07, 6.45) is 0. The zero-order chi connectivity index (χ0) is 6.97. The summed E-state index contributed by atoms with van der Waals surface area (Å²) in [7, 11) is 0. The van der Waals surface area contributed by atoms with Gasteiger partial charge in [0.1, 0.15) is 0 Å². The Bertz CT molecular complexity index is 368. The molecular formula is C7H6CuN2S+. The van der Waals surface area contributed by atoms with Crippen molar-refractivity contribution < 1.29 is 17.1 Å². The van der Waals surface area contributed by atoms with E-state index >= 15 is 0 Å². The second kappa shape index (κ2) is 3.22. The van der Waals surface area contributed by atoms with Crippen LogP contribution >= 0.6 is 12.2 Å². The van der Waals surface area contributed by atoms with E-state index in [0.29, 0.717) is 4.77 Å². The number of aromatic amines is 2. The van der Waals surface area contributed by atoms with E-state index < -0.39 is 0 Å². The van der Waals surface area contributed by atoms with E-state index in [1.807, 2.05) is 24.3 Å². The molecule has 2 nitrogen and oxygen atoms in total. The molecule has 1 heterocycles. The maximum Gasteiger partial charge on any atom is 1.00 e. The summed E-state index contributed by atoms with van der Waals surface area (Å²) < 4.78 is 0.682. The molecule has 0 aliphatic carbocycles. The Hall–Kier alpha value is -0.571. The molecule has 0 saturated heterocycles. The Balaban J connectivity index is 0.000000605. The first-order valence-electron chi connectivity index (χ1n) is 3.03. The van der Waals surface area contributed by atoms with Crippen molar-refractivity contribution in [2.75, 3.05) is 0 Å². The van der Waals surface area contributed by atoms with Crippen LogP contribution in [0.4, 0.5) is 0 Å². The quantitative estimate of drug-likeness (QED) is 0.511. The second-order valence-electron chi connectivity index (χ2n) is 2.12. The number of imidazole rings is 1. The zero-order valence-electron chi connectivity index (χ0n) is 5.52. The largest absolute Gasteiger partial charge is 1.00 e. The van der Waals surface area contributed by atoms with E-state index in [-0.39, 0.29) is 17.1 Å². The third-order valence-electron chi connectivity index (χ3n) is 1.42. The number of nitrogens with one attached hydrogen (secondary N) is 2. The normalized spacial score (nSPS) is 9.45. The molecule has 4 heteroatoms. The molecule has 0 spiro atoms. The summed E-state index contributed by atoms with van der Waals surface area (Å²) in [5.41, 5.74) is 2.13. The molecule has 0 unspecified atom stereocenters. The van der Waals surface area contributed by atoms with Gasteiger partial charge in [-0.25, -0.2) is 0 Å². The van der Waals surface area contributed by atoms with Crippen LogP contribution in [0.2, 0.25) is 0 Å². The van der Waals surface area contributed by atoms with Gasteiger partial charge in [0, 0.05) is 0 Å². The van der Waals surface area contributed by atoms with E-state index in [1.165, 1.54) is 0 Å². The summed E-state index contributed by atoms with van der Waals surface area (Å²) in [6.45, 7) is 0. The molecule has 1 aromatic carbocycles.